The molecule has 150 valence electrons. The Kier molecular flexibility index (Phi) is 6.00. The van der Waals surface area contributed by atoms with Crippen LogP contribution in [0.3, 0.4) is 0 Å². The zero-order valence-corrected chi connectivity index (χ0v) is 16.5. The molecule has 7 heteroatoms. The normalized spacial score (nSPS) is 20.2. The Labute approximate surface area is 165 Å². The predicted molar refractivity (Wildman–Crippen MR) is 103 cm³/mol. The van der Waals surface area contributed by atoms with Crippen molar-refractivity contribution in [2.24, 2.45) is 5.92 Å². The van der Waals surface area contributed by atoms with Crippen LogP contribution >= 0.6 is 0 Å². The van der Waals surface area contributed by atoms with E-state index in [9.17, 15) is 4.79 Å². The van der Waals surface area contributed by atoms with Gasteiger partial charge in [0.1, 0.15) is 0 Å². The first kappa shape index (κ1) is 19.1. The van der Waals surface area contributed by atoms with E-state index in [1.165, 1.54) is 25.7 Å². The average Bonchev–Trinajstić information content (AvgIpc) is 3.46. The van der Waals surface area contributed by atoms with Crippen molar-refractivity contribution in [1.29, 1.82) is 0 Å². The average molecular weight is 384 g/mol. The minimum Gasteiger partial charge on any atom is -0.381 e. The van der Waals surface area contributed by atoms with E-state index >= 15 is 0 Å². The Balaban J connectivity index is 1.26. The van der Waals surface area contributed by atoms with E-state index in [1.54, 1.807) is 12.3 Å². The molecule has 1 saturated heterocycles. The molecule has 0 spiro atoms. The lowest BCUT2D eigenvalue weighted by Gasteiger charge is -2.16. The number of amides is 1. The van der Waals surface area contributed by atoms with E-state index in [0.29, 0.717) is 43.4 Å². The number of pyridine rings is 1. The van der Waals surface area contributed by atoms with Crippen molar-refractivity contribution in [2.45, 2.75) is 51.4 Å². The van der Waals surface area contributed by atoms with E-state index in [0.717, 1.165) is 24.6 Å². The smallest absolute Gasteiger partial charge is 0.255 e. The minimum absolute atomic E-state index is 0.0214. The molecule has 1 unspecified atom stereocenters. The summed E-state index contributed by atoms with van der Waals surface area (Å²) in [5.74, 6) is 2.17. The molecule has 0 aromatic carbocycles. The maximum atomic E-state index is 12.7. The summed E-state index contributed by atoms with van der Waals surface area (Å²) in [5.41, 5.74) is 1.42. The summed E-state index contributed by atoms with van der Waals surface area (Å²) in [4.78, 5) is 23.3. The van der Waals surface area contributed by atoms with E-state index in [2.05, 4.69) is 15.1 Å². The highest BCUT2D eigenvalue weighted by molar-refractivity contribution is 5.95. The molecule has 0 bridgehead atoms. The fourth-order valence-corrected chi connectivity index (χ4v) is 4.15. The molecule has 2 fully saturated rings. The molecule has 1 amide bonds. The van der Waals surface area contributed by atoms with E-state index in [1.807, 2.05) is 17.9 Å². The Morgan fingerprint density at radius 2 is 2.18 bits per heavy atom. The number of hydrogen-bond donors (Lipinski definition) is 0. The fourth-order valence-electron chi connectivity index (χ4n) is 4.15. The van der Waals surface area contributed by atoms with Crippen molar-refractivity contribution in [3.8, 4) is 0 Å². The largest absolute Gasteiger partial charge is 0.381 e. The van der Waals surface area contributed by atoms with Gasteiger partial charge in [-0.3, -0.25) is 9.78 Å². The van der Waals surface area contributed by atoms with Crippen molar-refractivity contribution < 1.29 is 14.1 Å². The van der Waals surface area contributed by atoms with Gasteiger partial charge in [0.2, 0.25) is 5.89 Å². The number of carbonyl (C=O) groups excluding carboxylic acids is 1. The van der Waals surface area contributed by atoms with Crippen molar-refractivity contribution >= 4 is 5.91 Å². The number of carbonyl (C=O) groups is 1. The number of ether oxygens (including phenoxy) is 1. The zero-order valence-electron chi connectivity index (χ0n) is 16.5. The molecular weight excluding hydrogens is 356 g/mol. The van der Waals surface area contributed by atoms with Crippen LogP contribution < -0.4 is 0 Å². The number of hydrogen-bond acceptors (Lipinski definition) is 6. The highest BCUT2D eigenvalue weighted by Crippen LogP contribution is 2.28. The second-order valence-electron chi connectivity index (χ2n) is 7.90. The van der Waals surface area contributed by atoms with Gasteiger partial charge < -0.3 is 14.2 Å². The topological polar surface area (TPSA) is 81.4 Å². The van der Waals surface area contributed by atoms with Gasteiger partial charge in [-0.1, -0.05) is 18.0 Å². The highest BCUT2D eigenvalue weighted by atomic mass is 16.5. The number of aromatic nitrogens is 3. The summed E-state index contributed by atoms with van der Waals surface area (Å²) in [7, 11) is 0. The van der Waals surface area contributed by atoms with Crippen LogP contribution in [0, 0.1) is 12.8 Å². The van der Waals surface area contributed by atoms with Crippen molar-refractivity contribution in [3.63, 3.8) is 0 Å². The minimum atomic E-state index is 0.0214. The van der Waals surface area contributed by atoms with Gasteiger partial charge in [0.05, 0.1) is 18.1 Å². The first-order valence-corrected chi connectivity index (χ1v) is 10.3. The molecule has 0 N–H and O–H groups in total. The van der Waals surface area contributed by atoms with Crippen LogP contribution in [-0.4, -0.2) is 52.2 Å². The maximum absolute atomic E-state index is 12.7. The van der Waals surface area contributed by atoms with Gasteiger partial charge in [0.25, 0.3) is 5.91 Å². The summed E-state index contributed by atoms with van der Waals surface area (Å²) < 4.78 is 11.3. The summed E-state index contributed by atoms with van der Waals surface area (Å²) in [6.45, 7) is 4.64. The van der Waals surface area contributed by atoms with Crippen molar-refractivity contribution in [2.75, 3.05) is 26.3 Å². The van der Waals surface area contributed by atoms with E-state index in [4.69, 9.17) is 9.26 Å². The quantitative estimate of drug-likeness (QED) is 0.682. The van der Waals surface area contributed by atoms with Crippen LogP contribution in [0.5, 0.6) is 0 Å². The van der Waals surface area contributed by atoms with Gasteiger partial charge in [-0.25, -0.2) is 0 Å². The Bertz CT molecular complexity index is 800. The van der Waals surface area contributed by atoms with Gasteiger partial charge in [-0.2, -0.15) is 4.98 Å². The molecule has 1 atom stereocenters. The fraction of sp³-hybridized carbons (Fsp3) is 0.619. The second kappa shape index (κ2) is 8.82. The molecule has 1 saturated carbocycles. The Hall–Kier alpha value is -2.28. The van der Waals surface area contributed by atoms with Crippen molar-refractivity contribution in [3.05, 3.63) is 41.3 Å². The van der Waals surface area contributed by atoms with Crippen molar-refractivity contribution in [1.82, 2.24) is 20.0 Å². The Morgan fingerprint density at radius 1 is 1.32 bits per heavy atom. The standard InChI is InChI=1S/C21H28N4O3/c1-15-18(7-4-10-22-15)21(26)25-11-8-17(13-25)20-23-19(24-28-20)9-12-27-14-16-5-2-3-6-16/h4,7,10,16-17H,2-3,5-6,8-9,11-14H2,1H3. The van der Waals surface area contributed by atoms with E-state index in [-0.39, 0.29) is 11.8 Å². The molecule has 2 aromatic rings. The molecule has 2 aliphatic rings. The van der Waals surface area contributed by atoms with Gasteiger partial charge in [0, 0.05) is 38.0 Å². The lowest BCUT2D eigenvalue weighted by molar-refractivity contribution is 0.0788. The van der Waals surface area contributed by atoms with Crippen LogP contribution in [0.25, 0.3) is 0 Å². The monoisotopic (exact) mass is 384 g/mol. The van der Waals surface area contributed by atoms with Gasteiger partial charge in [-0.05, 0) is 44.2 Å². The molecule has 1 aliphatic heterocycles. The molecular formula is C21H28N4O3. The van der Waals surface area contributed by atoms with Gasteiger partial charge >= 0.3 is 0 Å². The highest BCUT2D eigenvalue weighted by Gasteiger charge is 2.32. The van der Waals surface area contributed by atoms with Gasteiger partial charge in [0.15, 0.2) is 5.82 Å². The lowest BCUT2D eigenvalue weighted by atomic mass is 10.1. The molecule has 3 heterocycles. The predicted octanol–water partition coefficient (Wildman–Crippen LogP) is 3.15. The van der Waals surface area contributed by atoms with Gasteiger partial charge in [-0.15, -0.1) is 0 Å². The number of likely N-dealkylation sites (tertiary alicyclic amines) is 1. The molecule has 28 heavy (non-hydrogen) atoms. The van der Waals surface area contributed by atoms with Crippen LogP contribution in [0.2, 0.25) is 0 Å². The lowest BCUT2D eigenvalue weighted by Crippen LogP contribution is -2.29. The van der Waals surface area contributed by atoms with Crippen LogP contribution in [0.15, 0.2) is 22.9 Å². The third-order valence-corrected chi connectivity index (χ3v) is 5.84. The van der Waals surface area contributed by atoms with E-state index < -0.39 is 0 Å². The third-order valence-electron chi connectivity index (χ3n) is 5.84. The van der Waals surface area contributed by atoms with Crippen LogP contribution in [0.4, 0.5) is 0 Å². The number of nitrogens with zero attached hydrogens (tertiary/aromatic N) is 4. The summed E-state index contributed by atoms with van der Waals surface area (Å²) >= 11 is 0. The third kappa shape index (κ3) is 4.41. The molecule has 1 aliphatic carbocycles. The molecule has 4 rings (SSSR count). The second-order valence-corrected chi connectivity index (χ2v) is 7.90. The molecule has 7 nitrogen and oxygen atoms in total. The zero-order chi connectivity index (χ0) is 19.3. The first-order chi connectivity index (χ1) is 13.7. The summed E-state index contributed by atoms with van der Waals surface area (Å²) in [6.07, 6.45) is 8.47. The Morgan fingerprint density at radius 3 is 3.00 bits per heavy atom. The molecule has 2 aromatic heterocycles. The van der Waals surface area contributed by atoms with Crippen LogP contribution in [0.1, 0.15) is 65.8 Å². The maximum Gasteiger partial charge on any atom is 0.255 e. The summed E-state index contributed by atoms with van der Waals surface area (Å²) in [5, 5.41) is 4.09. The SMILES string of the molecule is Cc1ncccc1C(=O)N1CCC(c2nc(CCOCC3CCCC3)no2)C1. The molecule has 0 radical (unpaired) electrons. The first-order valence-electron chi connectivity index (χ1n) is 10.3. The van der Waals surface area contributed by atoms with Crippen LogP contribution in [-0.2, 0) is 11.2 Å². The number of aryl methyl sites for hydroxylation is 1. The number of rotatable bonds is 7. The summed E-state index contributed by atoms with van der Waals surface area (Å²) in [6, 6.07) is 3.63.